The van der Waals surface area contributed by atoms with Crippen molar-refractivity contribution in [2.24, 2.45) is 5.92 Å². The van der Waals surface area contributed by atoms with Crippen LogP contribution < -0.4 is 15.0 Å². The molecular formula is C20H29N3O3. The zero-order chi connectivity index (χ0) is 18.5. The number of hydrogen-bond donors (Lipinski definition) is 1. The first-order chi connectivity index (χ1) is 12.6. The molecule has 1 aromatic carbocycles. The lowest BCUT2D eigenvalue weighted by Crippen LogP contribution is -2.43. The van der Waals surface area contributed by atoms with Crippen LogP contribution in [-0.4, -0.2) is 55.5 Å². The molecule has 6 nitrogen and oxygen atoms in total. The topological polar surface area (TPSA) is 61.9 Å². The number of carbonyl (C=O) groups excluding carboxylic acids is 2. The van der Waals surface area contributed by atoms with Crippen LogP contribution in [0.15, 0.2) is 24.3 Å². The van der Waals surface area contributed by atoms with Crippen molar-refractivity contribution in [1.29, 1.82) is 0 Å². The minimum Gasteiger partial charge on any atom is -0.494 e. The average Bonchev–Trinajstić information content (AvgIpc) is 2.92. The molecule has 1 N–H and O–H groups in total. The molecule has 2 heterocycles. The highest BCUT2D eigenvalue weighted by molar-refractivity contribution is 6.22. The lowest BCUT2D eigenvalue weighted by Gasteiger charge is -2.30. The van der Waals surface area contributed by atoms with Crippen molar-refractivity contribution in [3.63, 3.8) is 0 Å². The van der Waals surface area contributed by atoms with Crippen LogP contribution in [0.2, 0.25) is 0 Å². The van der Waals surface area contributed by atoms with E-state index in [0.717, 1.165) is 37.8 Å². The van der Waals surface area contributed by atoms with Crippen LogP contribution in [-0.2, 0) is 9.59 Å². The summed E-state index contributed by atoms with van der Waals surface area (Å²) in [5, 5.41) is 3.27. The van der Waals surface area contributed by atoms with E-state index in [-0.39, 0.29) is 18.2 Å². The van der Waals surface area contributed by atoms with Gasteiger partial charge in [0.1, 0.15) is 5.75 Å². The third-order valence-corrected chi connectivity index (χ3v) is 5.25. The van der Waals surface area contributed by atoms with E-state index in [1.165, 1.54) is 17.7 Å². The van der Waals surface area contributed by atoms with Gasteiger partial charge < -0.3 is 15.0 Å². The predicted molar refractivity (Wildman–Crippen MR) is 101 cm³/mol. The molecule has 0 bridgehead atoms. The summed E-state index contributed by atoms with van der Waals surface area (Å²) in [6.45, 7) is 8.71. The highest BCUT2D eigenvalue weighted by atomic mass is 16.5. The molecule has 2 amide bonds. The molecule has 1 aromatic rings. The molecular weight excluding hydrogens is 330 g/mol. The molecule has 0 aromatic heterocycles. The summed E-state index contributed by atoms with van der Waals surface area (Å²) < 4.78 is 5.41. The second kappa shape index (κ2) is 8.64. The van der Waals surface area contributed by atoms with Crippen molar-refractivity contribution in [1.82, 2.24) is 10.2 Å². The number of imide groups is 1. The lowest BCUT2D eigenvalue weighted by atomic mass is 9.99. The summed E-state index contributed by atoms with van der Waals surface area (Å²) in [6, 6.07) is 6.68. The zero-order valence-electron chi connectivity index (χ0n) is 15.7. The maximum absolute atomic E-state index is 12.6. The molecule has 0 aliphatic carbocycles. The third kappa shape index (κ3) is 4.43. The Morgan fingerprint density at radius 1 is 1.15 bits per heavy atom. The van der Waals surface area contributed by atoms with Crippen LogP contribution in [0.25, 0.3) is 0 Å². The quantitative estimate of drug-likeness (QED) is 0.755. The fourth-order valence-electron chi connectivity index (χ4n) is 3.60. The van der Waals surface area contributed by atoms with Gasteiger partial charge in [-0.25, -0.2) is 4.90 Å². The van der Waals surface area contributed by atoms with Gasteiger partial charge in [0, 0.05) is 13.1 Å². The van der Waals surface area contributed by atoms with Gasteiger partial charge in [0.2, 0.25) is 5.91 Å². The van der Waals surface area contributed by atoms with Crippen molar-refractivity contribution in [3.05, 3.63) is 24.3 Å². The number of piperidine rings is 1. The van der Waals surface area contributed by atoms with Crippen LogP contribution in [0.4, 0.5) is 5.69 Å². The van der Waals surface area contributed by atoms with Gasteiger partial charge in [-0.3, -0.25) is 9.59 Å². The van der Waals surface area contributed by atoms with Crippen molar-refractivity contribution in [2.75, 3.05) is 37.7 Å². The summed E-state index contributed by atoms with van der Waals surface area (Å²) in [6.07, 6.45) is 2.71. The highest BCUT2D eigenvalue weighted by Crippen LogP contribution is 2.25. The van der Waals surface area contributed by atoms with E-state index in [2.05, 4.69) is 17.1 Å². The molecule has 6 heteroatoms. The number of nitrogens with zero attached hydrogens (tertiary/aromatic N) is 2. The standard InChI is InChI=1S/C20H29N3O3/c1-3-26-17-6-4-16(5-7-17)23-19(24)14-18(20(23)25)21-10-13-22-11-8-15(2)9-12-22/h4-7,15,18,21H,3,8-14H2,1-2H3/t18-/m0/s1. The second-order valence-electron chi connectivity index (χ2n) is 7.23. The number of benzene rings is 1. The molecule has 142 valence electrons. The number of ether oxygens (including phenoxy) is 1. The normalized spacial score (nSPS) is 22.2. The summed E-state index contributed by atoms with van der Waals surface area (Å²) in [5.74, 6) is 1.24. The molecule has 0 saturated carbocycles. The van der Waals surface area contributed by atoms with Gasteiger partial charge in [-0.15, -0.1) is 0 Å². The molecule has 0 unspecified atom stereocenters. The van der Waals surface area contributed by atoms with E-state index in [1.54, 1.807) is 24.3 Å². The molecule has 26 heavy (non-hydrogen) atoms. The van der Waals surface area contributed by atoms with Crippen molar-refractivity contribution in [3.8, 4) is 5.75 Å². The first kappa shape index (κ1) is 18.9. The lowest BCUT2D eigenvalue weighted by molar-refractivity contribution is -0.121. The Hall–Kier alpha value is -1.92. The summed E-state index contributed by atoms with van der Waals surface area (Å²) in [7, 11) is 0. The Morgan fingerprint density at radius 2 is 1.85 bits per heavy atom. The molecule has 2 fully saturated rings. The summed E-state index contributed by atoms with van der Waals surface area (Å²) in [4.78, 5) is 28.7. The Bertz CT molecular complexity index is 624. The smallest absolute Gasteiger partial charge is 0.251 e. The van der Waals surface area contributed by atoms with Crippen molar-refractivity contribution < 1.29 is 14.3 Å². The molecule has 2 saturated heterocycles. The second-order valence-corrected chi connectivity index (χ2v) is 7.23. The van der Waals surface area contributed by atoms with Crippen LogP contribution in [0.5, 0.6) is 5.75 Å². The van der Waals surface area contributed by atoms with Crippen molar-refractivity contribution in [2.45, 2.75) is 39.2 Å². The molecule has 2 aliphatic rings. The maximum Gasteiger partial charge on any atom is 0.251 e. The minimum atomic E-state index is -0.419. The van der Waals surface area contributed by atoms with E-state index in [4.69, 9.17) is 4.74 Å². The first-order valence-electron chi connectivity index (χ1n) is 9.64. The number of rotatable bonds is 7. The number of carbonyl (C=O) groups is 2. The molecule has 0 spiro atoms. The number of hydrogen-bond acceptors (Lipinski definition) is 5. The first-order valence-corrected chi connectivity index (χ1v) is 9.64. The number of nitrogens with one attached hydrogen (secondary N) is 1. The van der Waals surface area contributed by atoms with Gasteiger partial charge in [-0.1, -0.05) is 6.92 Å². The maximum atomic E-state index is 12.6. The molecule has 0 radical (unpaired) electrons. The Morgan fingerprint density at radius 3 is 2.50 bits per heavy atom. The van der Waals surface area contributed by atoms with Gasteiger partial charge in [0.05, 0.1) is 24.8 Å². The predicted octanol–water partition coefficient (Wildman–Crippen LogP) is 2.04. The minimum absolute atomic E-state index is 0.150. The SMILES string of the molecule is CCOc1ccc(N2C(=O)C[C@H](NCCN3CCC(C)CC3)C2=O)cc1. The third-order valence-electron chi connectivity index (χ3n) is 5.25. The van der Waals surface area contributed by atoms with Gasteiger partial charge in [-0.05, 0) is 63.0 Å². The van der Waals surface area contributed by atoms with Crippen LogP contribution in [0, 0.1) is 5.92 Å². The van der Waals surface area contributed by atoms with Gasteiger partial charge in [0.15, 0.2) is 0 Å². The van der Waals surface area contributed by atoms with E-state index in [9.17, 15) is 9.59 Å². The molecule has 2 aliphatic heterocycles. The fraction of sp³-hybridized carbons (Fsp3) is 0.600. The number of likely N-dealkylation sites (tertiary alicyclic amines) is 1. The van der Waals surface area contributed by atoms with Gasteiger partial charge >= 0.3 is 0 Å². The van der Waals surface area contributed by atoms with E-state index >= 15 is 0 Å². The summed E-state index contributed by atoms with van der Waals surface area (Å²) in [5.41, 5.74) is 0.609. The Kier molecular flexibility index (Phi) is 6.27. The van der Waals surface area contributed by atoms with E-state index in [0.29, 0.717) is 12.3 Å². The fourth-order valence-corrected chi connectivity index (χ4v) is 3.60. The largest absolute Gasteiger partial charge is 0.494 e. The van der Waals surface area contributed by atoms with Crippen LogP contribution >= 0.6 is 0 Å². The van der Waals surface area contributed by atoms with Crippen LogP contribution in [0.3, 0.4) is 0 Å². The zero-order valence-corrected chi connectivity index (χ0v) is 15.7. The Balaban J connectivity index is 1.51. The number of anilines is 1. The highest BCUT2D eigenvalue weighted by Gasteiger charge is 2.39. The molecule has 3 rings (SSSR count). The summed E-state index contributed by atoms with van der Waals surface area (Å²) >= 11 is 0. The van der Waals surface area contributed by atoms with Crippen LogP contribution in [0.1, 0.15) is 33.1 Å². The monoisotopic (exact) mass is 359 g/mol. The Labute approximate surface area is 155 Å². The van der Waals surface area contributed by atoms with E-state index < -0.39 is 6.04 Å². The van der Waals surface area contributed by atoms with Gasteiger partial charge in [-0.2, -0.15) is 0 Å². The number of amides is 2. The van der Waals surface area contributed by atoms with Gasteiger partial charge in [0.25, 0.3) is 5.91 Å². The van der Waals surface area contributed by atoms with Crippen molar-refractivity contribution >= 4 is 17.5 Å². The molecule has 1 atom stereocenters. The van der Waals surface area contributed by atoms with E-state index in [1.807, 2.05) is 6.92 Å². The average molecular weight is 359 g/mol.